The van der Waals surface area contributed by atoms with Gasteiger partial charge in [-0.1, -0.05) is 0 Å². The number of amides is 1. The first kappa shape index (κ1) is 16.4. The molecule has 2 heterocycles. The lowest BCUT2D eigenvalue weighted by atomic mass is 9.78. The van der Waals surface area contributed by atoms with Crippen LogP contribution >= 0.6 is 11.3 Å². The highest BCUT2D eigenvalue weighted by Gasteiger charge is 2.45. The van der Waals surface area contributed by atoms with Crippen LogP contribution in [0.4, 0.5) is 0 Å². The Kier molecular flexibility index (Phi) is 4.68. The Morgan fingerprint density at radius 2 is 2.13 bits per heavy atom. The number of piperidine rings is 1. The summed E-state index contributed by atoms with van der Waals surface area (Å²) in [6, 6.07) is 0. The summed E-state index contributed by atoms with van der Waals surface area (Å²) in [4.78, 5) is 30.1. The van der Waals surface area contributed by atoms with Gasteiger partial charge in [0.1, 0.15) is 5.60 Å². The number of nitrogens with zero attached hydrogens (tertiary/aromatic N) is 2. The van der Waals surface area contributed by atoms with E-state index in [1.807, 2.05) is 0 Å². The topological polar surface area (TPSA) is 79.7 Å². The molecule has 1 aromatic heterocycles. The van der Waals surface area contributed by atoms with Crippen molar-refractivity contribution < 1.29 is 19.4 Å². The molecular weight excluding hydrogens is 316 g/mol. The van der Waals surface area contributed by atoms with Crippen LogP contribution in [0.5, 0.6) is 0 Å². The molecular formula is C16H22N2O4S. The molecule has 0 aromatic carbocycles. The van der Waals surface area contributed by atoms with Gasteiger partial charge >= 0.3 is 5.97 Å². The normalized spacial score (nSPS) is 20.9. The Balaban J connectivity index is 1.57. The maximum Gasteiger partial charge on any atom is 0.357 e. The first-order valence-electron chi connectivity index (χ1n) is 8.18. The molecule has 1 aliphatic carbocycles. The molecule has 2 fully saturated rings. The lowest BCUT2D eigenvalue weighted by molar-refractivity contribution is -0.161. The van der Waals surface area contributed by atoms with Crippen molar-refractivity contribution in [2.75, 3.05) is 19.7 Å². The van der Waals surface area contributed by atoms with E-state index in [0.717, 1.165) is 24.3 Å². The van der Waals surface area contributed by atoms with Crippen molar-refractivity contribution in [1.29, 1.82) is 0 Å². The number of likely N-dealkylation sites (tertiary alicyclic amines) is 1. The van der Waals surface area contributed by atoms with Crippen molar-refractivity contribution in [2.45, 2.75) is 50.5 Å². The number of esters is 1. The second-order valence-corrected chi connectivity index (χ2v) is 7.13. The number of hydrogen-bond acceptors (Lipinski definition) is 6. The summed E-state index contributed by atoms with van der Waals surface area (Å²) in [5, 5.41) is 12.8. The molecule has 1 saturated carbocycles. The van der Waals surface area contributed by atoms with Crippen LogP contribution in [-0.2, 0) is 9.53 Å². The summed E-state index contributed by atoms with van der Waals surface area (Å²) in [6.45, 7) is 3.39. The highest BCUT2D eigenvalue weighted by atomic mass is 32.1. The summed E-state index contributed by atoms with van der Waals surface area (Å²) in [5.41, 5.74) is -0.736. The van der Waals surface area contributed by atoms with Gasteiger partial charge in [-0.05, 0) is 39.0 Å². The summed E-state index contributed by atoms with van der Waals surface area (Å²) < 4.78 is 4.96. The van der Waals surface area contributed by atoms with Gasteiger partial charge in [0.2, 0.25) is 0 Å². The van der Waals surface area contributed by atoms with E-state index in [0.29, 0.717) is 38.2 Å². The summed E-state index contributed by atoms with van der Waals surface area (Å²) in [6.07, 6.45) is 3.73. The number of ether oxygens (including phenoxy) is 1. The molecule has 126 valence electrons. The van der Waals surface area contributed by atoms with Crippen LogP contribution in [0.15, 0.2) is 5.38 Å². The van der Waals surface area contributed by atoms with Crippen LogP contribution in [0.25, 0.3) is 0 Å². The third-order valence-corrected chi connectivity index (χ3v) is 5.72. The van der Waals surface area contributed by atoms with E-state index < -0.39 is 5.60 Å². The van der Waals surface area contributed by atoms with E-state index in [4.69, 9.17) is 4.74 Å². The molecule has 1 aromatic rings. The zero-order valence-electron chi connectivity index (χ0n) is 13.3. The monoisotopic (exact) mass is 338 g/mol. The fourth-order valence-corrected chi connectivity index (χ4v) is 4.08. The van der Waals surface area contributed by atoms with Gasteiger partial charge in [0, 0.05) is 24.4 Å². The molecule has 6 nitrogen and oxygen atoms in total. The second-order valence-electron chi connectivity index (χ2n) is 6.24. The molecule has 1 amide bonds. The Morgan fingerprint density at radius 1 is 1.43 bits per heavy atom. The van der Waals surface area contributed by atoms with Crippen LogP contribution in [0.3, 0.4) is 0 Å². The lowest BCUT2D eigenvalue weighted by Gasteiger charge is -2.41. The molecule has 0 bridgehead atoms. The van der Waals surface area contributed by atoms with Crippen LogP contribution in [-0.4, -0.2) is 52.2 Å². The second kappa shape index (κ2) is 6.57. The average molecular weight is 338 g/mol. The number of thiazole rings is 1. The SMILES string of the molecule is CCOC(=O)c1csc(C2CCN(C(=O)C3(O)CCC3)CC2)n1. The zero-order chi connectivity index (χ0) is 16.4. The number of carbonyl (C=O) groups excluding carboxylic acids is 2. The number of carbonyl (C=O) groups is 2. The van der Waals surface area contributed by atoms with Crippen LogP contribution in [0, 0.1) is 0 Å². The van der Waals surface area contributed by atoms with Gasteiger partial charge < -0.3 is 14.7 Å². The van der Waals surface area contributed by atoms with Gasteiger partial charge in [-0.2, -0.15) is 0 Å². The number of rotatable bonds is 4. The smallest absolute Gasteiger partial charge is 0.357 e. The van der Waals surface area contributed by atoms with Crippen molar-refractivity contribution in [3.63, 3.8) is 0 Å². The minimum absolute atomic E-state index is 0.117. The van der Waals surface area contributed by atoms with E-state index in [-0.39, 0.29) is 17.8 Å². The van der Waals surface area contributed by atoms with Crippen LogP contribution < -0.4 is 0 Å². The Morgan fingerprint density at radius 3 is 2.70 bits per heavy atom. The number of aromatic nitrogens is 1. The summed E-state index contributed by atoms with van der Waals surface area (Å²) >= 11 is 1.48. The highest BCUT2D eigenvalue weighted by molar-refractivity contribution is 7.09. The first-order valence-corrected chi connectivity index (χ1v) is 9.06. The van der Waals surface area contributed by atoms with Gasteiger partial charge in [-0.15, -0.1) is 11.3 Å². The molecule has 7 heteroatoms. The molecule has 1 saturated heterocycles. The molecule has 0 radical (unpaired) electrons. The Hall–Kier alpha value is -1.47. The predicted octanol–water partition coefficient (Wildman–Crippen LogP) is 1.94. The number of hydrogen-bond donors (Lipinski definition) is 1. The maximum atomic E-state index is 12.3. The predicted molar refractivity (Wildman–Crippen MR) is 85.4 cm³/mol. The van der Waals surface area contributed by atoms with Gasteiger partial charge in [-0.25, -0.2) is 9.78 Å². The van der Waals surface area contributed by atoms with E-state index in [2.05, 4.69) is 4.98 Å². The fraction of sp³-hybridized carbons (Fsp3) is 0.688. The third kappa shape index (κ3) is 3.26. The standard InChI is InChI=1S/C16H22N2O4S/c1-2-22-14(19)12-10-23-13(17-12)11-4-8-18(9-5-11)15(20)16(21)6-3-7-16/h10-11,21H,2-9H2,1H3. The van der Waals surface area contributed by atoms with E-state index in [9.17, 15) is 14.7 Å². The summed E-state index contributed by atoms with van der Waals surface area (Å²) in [7, 11) is 0. The van der Waals surface area contributed by atoms with Crippen molar-refractivity contribution in [3.8, 4) is 0 Å². The highest BCUT2D eigenvalue weighted by Crippen LogP contribution is 2.36. The fourth-order valence-electron chi connectivity index (χ4n) is 3.12. The Bertz CT molecular complexity index is 589. The lowest BCUT2D eigenvalue weighted by Crippen LogP contribution is -2.54. The number of aliphatic hydroxyl groups is 1. The third-order valence-electron chi connectivity index (χ3n) is 4.72. The Labute approximate surface area is 139 Å². The molecule has 23 heavy (non-hydrogen) atoms. The van der Waals surface area contributed by atoms with E-state index in [1.165, 1.54) is 11.3 Å². The molecule has 3 rings (SSSR count). The molecule has 0 spiro atoms. The van der Waals surface area contributed by atoms with Gasteiger partial charge in [0.15, 0.2) is 5.69 Å². The largest absolute Gasteiger partial charge is 0.461 e. The van der Waals surface area contributed by atoms with Gasteiger partial charge in [-0.3, -0.25) is 4.79 Å². The van der Waals surface area contributed by atoms with Crippen molar-refractivity contribution in [3.05, 3.63) is 16.1 Å². The molecule has 1 aliphatic heterocycles. The maximum absolute atomic E-state index is 12.3. The minimum atomic E-state index is -1.11. The van der Waals surface area contributed by atoms with Gasteiger partial charge in [0.25, 0.3) is 5.91 Å². The molecule has 0 atom stereocenters. The molecule has 1 N–H and O–H groups in total. The molecule has 2 aliphatic rings. The quantitative estimate of drug-likeness (QED) is 0.849. The first-order chi connectivity index (χ1) is 11.0. The van der Waals surface area contributed by atoms with Crippen LogP contribution in [0.1, 0.15) is 60.4 Å². The average Bonchev–Trinajstić information content (AvgIpc) is 3.02. The van der Waals surface area contributed by atoms with E-state index >= 15 is 0 Å². The van der Waals surface area contributed by atoms with Crippen molar-refractivity contribution in [1.82, 2.24) is 9.88 Å². The van der Waals surface area contributed by atoms with Crippen LogP contribution in [0.2, 0.25) is 0 Å². The van der Waals surface area contributed by atoms with E-state index in [1.54, 1.807) is 17.2 Å². The minimum Gasteiger partial charge on any atom is -0.461 e. The van der Waals surface area contributed by atoms with Crippen molar-refractivity contribution in [2.24, 2.45) is 0 Å². The van der Waals surface area contributed by atoms with Gasteiger partial charge in [0.05, 0.1) is 11.6 Å². The van der Waals surface area contributed by atoms with Crippen molar-refractivity contribution >= 4 is 23.2 Å². The molecule has 0 unspecified atom stereocenters. The zero-order valence-corrected chi connectivity index (χ0v) is 14.1. The summed E-state index contributed by atoms with van der Waals surface area (Å²) in [5.74, 6) is -0.230.